The molecule has 2 rings (SSSR count). The van der Waals surface area contributed by atoms with Gasteiger partial charge in [0.25, 0.3) is 0 Å². The number of thioether (sulfide) groups is 1. The minimum atomic E-state index is -0.252. The van der Waals surface area contributed by atoms with Crippen LogP contribution in [0, 0.1) is 6.92 Å². The number of amides is 2. The summed E-state index contributed by atoms with van der Waals surface area (Å²) >= 11 is 1.21. The Kier molecular flexibility index (Phi) is 6.30. The molecule has 0 saturated heterocycles. The fourth-order valence-corrected chi connectivity index (χ4v) is 2.57. The van der Waals surface area contributed by atoms with Crippen molar-refractivity contribution in [1.29, 1.82) is 0 Å². The first-order valence-corrected chi connectivity index (χ1v) is 8.48. The molecule has 0 aliphatic rings. The highest BCUT2D eigenvalue weighted by atomic mass is 32.2. The van der Waals surface area contributed by atoms with E-state index in [-0.39, 0.29) is 30.2 Å². The standard InChI is InChI=1S/C15H20N6O2S/c1-10(2)17-13(22)8-16-14(23)9-24-15-18-19-20-21(15)12-6-4-11(3)5-7-12/h4-7,10H,8-9H2,1-3H3,(H,16,23)(H,17,22). The quantitative estimate of drug-likeness (QED) is 0.714. The van der Waals surface area contributed by atoms with Crippen LogP contribution >= 0.6 is 11.8 Å². The molecule has 1 aromatic heterocycles. The predicted octanol–water partition coefficient (Wildman–Crippen LogP) is 0.704. The summed E-state index contributed by atoms with van der Waals surface area (Å²) in [6, 6.07) is 7.79. The molecular weight excluding hydrogens is 328 g/mol. The average molecular weight is 348 g/mol. The van der Waals surface area contributed by atoms with Crippen LogP contribution in [0.25, 0.3) is 5.69 Å². The van der Waals surface area contributed by atoms with Crippen LogP contribution in [0.3, 0.4) is 0 Å². The van der Waals surface area contributed by atoms with E-state index < -0.39 is 0 Å². The summed E-state index contributed by atoms with van der Waals surface area (Å²) in [6.45, 7) is 5.68. The van der Waals surface area contributed by atoms with Crippen LogP contribution in [0.5, 0.6) is 0 Å². The van der Waals surface area contributed by atoms with E-state index in [0.29, 0.717) is 5.16 Å². The highest BCUT2D eigenvalue weighted by Crippen LogP contribution is 2.18. The summed E-state index contributed by atoms with van der Waals surface area (Å²) in [7, 11) is 0. The van der Waals surface area contributed by atoms with E-state index in [1.807, 2.05) is 45.0 Å². The molecule has 0 atom stereocenters. The van der Waals surface area contributed by atoms with Crippen molar-refractivity contribution in [1.82, 2.24) is 30.8 Å². The van der Waals surface area contributed by atoms with E-state index in [0.717, 1.165) is 11.3 Å². The number of nitrogens with zero attached hydrogens (tertiary/aromatic N) is 4. The van der Waals surface area contributed by atoms with Crippen molar-refractivity contribution in [2.45, 2.75) is 32.0 Å². The maximum atomic E-state index is 11.8. The van der Waals surface area contributed by atoms with Gasteiger partial charge in [0.05, 0.1) is 18.0 Å². The van der Waals surface area contributed by atoms with Crippen LogP contribution in [-0.2, 0) is 9.59 Å². The third-order valence-electron chi connectivity index (χ3n) is 2.95. The molecule has 0 aliphatic carbocycles. The van der Waals surface area contributed by atoms with Gasteiger partial charge in [0.15, 0.2) is 0 Å². The molecule has 0 saturated carbocycles. The van der Waals surface area contributed by atoms with Crippen molar-refractivity contribution in [2.24, 2.45) is 0 Å². The molecule has 0 radical (unpaired) electrons. The number of rotatable bonds is 7. The Morgan fingerprint density at radius 1 is 1.21 bits per heavy atom. The molecule has 0 spiro atoms. The third kappa shape index (κ3) is 5.34. The van der Waals surface area contributed by atoms with Crippen LogP contribution in [-0.4, -0.2) is 50.4 Å². The summed E-state index contributed by atoms with van der Waals surface area (Å²) in [4.78, 5) is 23.3. The topological polar surface area (TPSA) is 102 Å². The first-order chi connectivity index (χ1) is 11.5. The van der Waals surface area contributed by atoms with Crippen molar-refractivity contribution >= 4 is 23.6 Å². The number of nitrogens with one attached hydrogen (secondary N) is 2. The van der Waals surface area contributed by atoms with Crippen LogP contribution in [0.4, 0.5) is 0 Å². The number of carbonyl (C=O) groups is 2. The van der Waals surface area contributed by atoms with Gasteiger partial charge >= 0.3 is 0 Å². The maximum Gasteiger partial charge on any atom is 0.239 e. The van der Waals surface area contributed by atoms with Crippen LogP contribution in [0.15, 0.2) is 29.4 Å². The Morgan fingerprint density at radius 3 is 2.58 bits per heavy atom. The molecule has 2 aromatic rings. The molecule has 0 fully saturated rings. The maximum absolute atomic E-state index is 11.8. The highest BCUT2D eigenvalue weighted by Gasteiger charge is 2.12. The van der Waals surface area contributed by atoms with Crippen LogP contribution in [0.1, 0.15) is 19.4 Å². The third-order valence-corrected chi connectivity index (χ3v) is 3.87. The molecule has 0 bridgehead atoms. The normalized spacial score (nSPS) is 10.7. The van der Waals surface area contributed by atoms with E-state index in [2.05, 4.69) is 26.2 Å². The Balaban J connectivity index is 1.87. The van der Waals surface area contributed by atoms with Crippen molar-refractivity contribution < 1.29 is 9.59 Å². The lowest BCUT2D eigenvalue weighted by Gasteiger charge is -2.09. The fourth-order valence-electron chi connectivity index (χ4n) is 1.85. The molecule has 24 heavy (non-hydrogen) atoms. The highest BCUT2D eigenvalue weighted by molar-refractivity contribution is 7.99. The first-order valence-electron chi connectivity index (χ1n) is 7.50. The van der Waals surface area contributed by atoms with Crippen molar-refractivity contribution in [2.75, 3.05) is 12.3 Å². The Hall–Kier alpha value is -2.42. The summed E-state index contributed by atoms with van der Waals surface area (Å²) < 4.78 is 1.57. The second-order valence-corrected chi connectivity index (χ2v) is 6.44. The van der Waals surface area contributed by atoms with Gasteiger partial charge in [-0.05, 0) is 43.3 Å². The number of benzene rings is 1. The zero-order valence-electron chi connectivity index (χ0n) is 13.8. The van der Waals surface area contributed by atoms with E-state index in [1.165, 1.54) is 11.8 Å². The summed E-state index contributed by atoms with van der Waals surface area (Å²) in [5.74, 6) is -0.341. The second-order valence-electron chi connectivity index (χ2n) is 5.50. The van der Waals surface area contributed by atoms with Crippen molar-refractivity contribution in [3.05, 3.63) is 29.8 Å². The Labute approximate surface area is 144 Å². The van der Waals surface area contributed by atoms with Crippen LogP contribution < -0.4 is 10.6 Å². The minimum Gasteiger partial charge on any atom is -0.352 e. The Morgan fingerprint density at radius 2 is 1.92 bits per heavy atom. The monoisotopic (exact) mass is 348 g/mol. The number of hydrogen-bond donors (Lipinski definition) is 2. The molecule has 0 aliphatic heterocycles. The molecule has 2 amide bonds. The van der Waals surface area contributed by atoms with E-state index in [9.17, 15) is 9.59 Å². The molecule has 9 heteroatoms. The predicted molar refractivity (Wildman–Crippen MR) is 90.9 cm³/mol. The van der Waals surface area contributed by atoms with Gasteiger partial charge in [-0.25, -0.2) is 0 Å². The van der Waals surface area contributed by atoms with Crippen molar-refractivity contribution in [3.8, 4) is 5.69 Å². The lowest BCUT2D eigenvalue weighted by Crippen LogP contribution is -2.40. The van der Waals surface area contributed by atoms with Gasteiger partial charge in [0, 0.05) is 6.04 Å². The van der Waals surface area contributed by atoms with Crippen LogP contribution in [0.2, 0.25) is 0 Å². The largest absolute Gasteiger partial charge is 0.352 e. The first kappa shape index (κ1) is 17.9. The molecule has 1 heterocycles. The van der Waals surface area contributed by atoms with Gasteiger partial charge in [-0.3, -0.25) is 9.59 Å². The molecular formula is C15H20N6O2S. The zero-order chi connectivity index (χ0) is 17.5. The number of hydrogen-bond acceptors (Lipinski definition) is 6. The van der Waals surface area contributed by atoms with E-state index >= 15 is 0 Å². The van der Waals surface area contributed by atoms with Gasteiger partial charge in [0.2, 0.25) is 17.0 Å². The zero-order valence-corrected chi connectivity index (χ0v) is 14.6. The molecule has 8 nitrogen and oxygen atoms in total. The van der Waals surface area contributed by atoms with Gasteiger partial charge < -0.3 is 10.6 Å². The molecule has 0 unspecified atom stereocenters. The number of aromatic nitrogens is 4. The van der Waals surface area contributed by atoms with E-state index in [4.69, 9.17) is 0 Å². The Bertz CT molecular complexity index is 698. The number of aryl methyl sites for hydroxylation is 1. The lowest BCUT2D eigenvalue weighted by molar-refractivity contribution is -0.125. The average Bonchev–Trinajstić information content (AvgIpc) is 2.99. The van der Waals surface area contributed by atoms with Gasteiger partial charge in [-0.2, -0.15) is 4.68 Å². The summed E-state index contributed by atoms with van der Waals surface area (Å²) in [5, 5.41) is 17.3. The minimum absolute atomic E-state index is 0.0412. The molecule has 128 valence electrons. The van der Waals surface area contributed by atoms with Crippen molar-refractivity contribution in [3.63, 3.8) is 0 Å². The second kappa shape index (κ2) is 8.44. The fraction of sp³-hybridized carbons (Fsp3) is 0.400. The van der Waals surface area contributed by atoms with Gasteiger partial charge in [0.1, 0.15) is 0 Å². The van der Waals surface area contributed by atoms with E-state index in [1.54, 1.807) is 4.68 Å². The smallest absolute Gasteiger partial charge is 0.239 e. The van der Waals surface area contributed by atoms with Gasteiger partial charge in [-0.15, -0.1) is 5.10 Å². The molecule has 2 N–H and O–H groups in total. The lowest BCUT2D eigenvalue weighted by atomic mass is 10.2. The van der Waals surface area contributed by atoms with Gasteiger partial charge in [-0.1, -0.05) is 29.5 Å². The SMILES string of the molecule is Cc1ccc(-n2nnnc2SCC(=O)NCC(=O)NC(C)C)cc1. The number of carbonyl (C=O) groups excluding carboxylic acids is 2. The summed E-state index contributed by atoms with van der Waals surface area (Å²) in [6.07, 6.45) is 0. The summed E-state index contributed by atoms with van der Waals surface area (Å²) in [5.41, 5.74) is 1.96. The number of tetrazole rings is 1. The molecule has 1 aromatic carbocycles.